The Hall–Kier alpha value is -0.570. The van der Waals surface area contributed by atoms with Crippen LogP contribution in [0.5, 0.6) is 0 Å². The van der Waals surface area contributed by atoms with E-state index in [2.05, 4.69) is 17.2 Å². The van der Waals surface area contributed by atoms with Crippen molar-refractivity contribution in [1.29, 1.82) is 0 Å². The maximum atomic E-state index is 4.29. The van der Waals surface area contributed by atoms with Gasteiger partial charge in [0.15, 0.2) is 5.13 Å². The van der Waals surface area contributed by atoms with Gasteiger partial charge in [0.2, 0.25) is 0 Å². The van der Waals surface area contributed by atoms with Crippen LogP contribution in [-0.4, -0.2) is 11.0 Å². The number of aromatic nitrogens is 1. The van der Waals surface area contributed by atoms with E-state index in [0.717, 1.165) is 5.13 Å². The molecule has 0 bridgehead atoms. The lowest BCUT2D eigenvalue weighted by molar-refractivity contribution is 0.754. The summed E-state index contributed by atoms with van der Waals surface area (Å²) in [6.07, 6.45) is 7.32. The molecule has 0 saturated heterocycles. The molecule has 1 fully saturated rings. The Bertz CT molecular complexity index is 251. The summed E-state index contributed by atoms with van der Waals surface area (Å²) in [5, 5.41) is 4.57. The molecule has 12 heavy (non-hydrogen) atoms. The summed E-state index contributed by atoms with van der Waals surface area (Å²) in [4.78, 5) is 5.57. The molecule has 1 aliphatic carbocycles. The van der Waals surface area contributed by atoms with Crippen LogP contribution < -0.4 is 5.32 Å². The topological polar surface area (TPSA) is 24.9 Å². The van der Waals surface area contributed by atoms with Crippen molar-refractivity contribution in [2.45, 2.75) is 38.6 Å². The third-order valence-electron chi connectivity index (χ3n) is 2.30. The fraction of sp³-hybridized carbons (Fsp3) is 0.667. The standard InChI is InChI=1S/C9H14N2S/c1-7-6-10-9(12-7)11-8-4-2-3-5-8/h6,8H,2-5H2,1H3,(H,10,11). The van der Waals surface area contributed by atoms with Crippen molar-refractivity contribution in [3.63, 3.8) is 0 Å². The number of anilines is 1. The second kappa shape index (κ2) is 3.44. The summed E-state index contributed by atoms with van der Waals surface area (Å²) in [5.41, 5.74) is 0. The summed E-state index contributed by atoms with van der Waals surface area (Å²) in [5.74, 6) is 0. The average molecular weight is 182 g/mol. The second-order valence-corrected chi connectivity index (χ2v) is 4.64. The highest BCUT2D eigenvalue weighted by molar-refractivity contribution is 7.15. The molecule has 3 heteroatoms. The fourth-order valence-electron chi connectivity index (χ4n) is 1.67. The molecule has 0 radical (unpaired) electrons. The molecule has 0 atom stereocenters. The summed E-state index contributed by atoms with van der Waals surface area (Å²) in [6.45, 7) is 2.09. The molecule has 1 N–H and O–H groups in total. The third kappa shape index (κ3) is 1.78. The van der Waals surface area contributed by atoms with Crippen molar-refractivity contribution >= 4 is 16.5 Å². The van der Waals surface area contributed by atoms with Gasteiger partial charge in [0.05, 0.1) is 0 Å². The van der Waals surface area contributed by atoms with Gasteiger partial charge < -0.3 is 5.32 Å². The Morgan fingerprint density at radius 1 is 1.50 bits per heavy atom. The summed E-state index contributed by atoms with van der Waals surface area (Å²) < 4.78 is 0. The molecule has 1 aromatic heterocycles. The van der Waals surface area contributed by atoms with Crippen molar-refractivity contribution in [1.82, 2.24) is 4.98 Å². The van der Waals surface area contributed by atoms with E-state index in [1.54, 1.807) is 11.3 Å². The molecule has 0 aromatic carbocycles. The number of aryl methyl sites for hydroxylation is 1. The normalized spacial score (nSPS) is 18.4. The van der Waals surface area contributed by atoms with E-state index >= 15 is 0 Å². The molecule has 0 spiro atoms. The fourth-order valence-corrected chi connectivity index (χ4v) is 2.41. The van der Waals surface area contributed by atoms with Crippen LogP contribution in [0.25, 0.3) is 0 Å². The van der Waals surface area contributed by atoms with Crippen LogP contribution in [0, 0.1) is 6.92 Å². The van der Waals surface area contributed by atoms with Crippen molar-refractivity contribution in [3.8, 4) is 0 Å². The Kier molecular flexibility index (Phi) is 2.30. The minimum absolute atomic E-state index is 0.690. The Morgan fingerprint density at radius 2 is 2.25 bits per heavy atom. The molecule has 0 aliphatic heterocycles. The zero-order chi connectivity index (χ0) is 8.39. The highest BCUT2D eigenvalue weighted by atomic mass is 32.1. The minimum Gasteiger partial charge on any atom is -0.359 e. The van der Waals surface area contributed by atoms with Crippen molar-refractivity contribution in [2.75, 3.05) is 5.32 Å². The molecule has 0 amide bonds. The second-order valence-electron chi connectivity index (χ2n) is 3.40. The van der Waals surface area contributed by atoms with Gasteiger partial charge in [-0.15, -0.1) is 11.3 Å². The van der Waals surface area contributed by atoms with Gasteiger partial charge in [0, 0.05) is 17.1 Å². The highest BCUT2D eigenvalue weighted by Crippen LogP contribution is 2.24. The van der Waals surface area contributed by atoms with E-state index in [1.807, 2.05) is 6.20 Å². The van der Waals surface area contributed by atoms with E-state index in [-0.39, 0.29) is 0 Å². The predicted octanol–water partition coefficient (Wildman–Crippen LogP) is 2.81. The lowest BCUT2D eigenvalue weighted by Gasteiger charge is -2.09. The predicted molar refractivity (Wildman–Crippen MR) is 52.7 cm³/mol. The first kappa shape index (κ1) is 8.05. The van der Waals surface area contributed by atoms with Gasteiger partial charge in [-0.2, -0.15) is 0 Å². The quantitative estimate of drug-likeness (QED) is 0.760. The number of nitrogens with one attached hydrogen (secondary N) is 1. The maximum Gasteiger partial charge on any atom is 0.183 e. The average Bonchev–Trinajstić information content (AvgIpc) is 2.63. The van der Waals surface area contributed by atoms with E-state index in [1.165, 1.54) is 30.6 Å². The molecule has 1 aliphatic rings. The first-order valence-electron chi connectivity index (χ1n) is 4.53. The number of thiazole rings is 1. The zero-order valence-corrected chi connectivity index (χ0v) is 8.16. The number of hydrogen-bond donors (Lipinski definition) is 1. The van der Waals surface area contributed by atoms with Crippen LogP contribution in [0.15, 0.2) is 6.20 Å². The van der Waals surface area contributed by atoms with E-state index in [9.17, 15) is 0 Å². The van der Waals surface area contributed by atoms with E-state index < -0.39 is 0 Å². The van der Waals surface area contributed by atoms with Gasteiger partial charge in [-0.3, -0.25) is 0 Å². The molecule has 66 valence electrons. The number of hydrogen-bond acceptors (Lipinski definition) is 3. The van der Waals surface area contributed by atoms with E-state index in [0.29, 0.717) is 6.04 Å². The molecular formula is C9H14N2S. The van der Waals surface area contributed by atoms with Gasteiger partial charge in [-0.25, -0.2) is 4.98 Å². The van der Waals surface area contributed by atoms with Crippen LogP contribution in [0.1, 0.15) is 30.6 Å². The monoisotopic (exact) mass is 182 g/mol. The van der Waals surface area contributed by atoms with Crippen molar-refractivity contribution in [2.24, 2.45) is 0 Å². The lowest BCUT2D eigenvalue weighted by atomic mass is 10.3. The van der Waals surface area contributed by atoms with E-state index in [4.69, 9.17) is 0 Å². The first-order valence-corrected chi connectivity index (χ1v) is 5.35. The van der Waals surface area contributed by atoms with Gasteiger partial charge in [0.1, 0.15) is 0 Å². The highest BCUT2D eigenvalue weighted by Gasteiger charge is 2.15. The molecule has 2 rings (SSSR count). The largest absolute Gasteiger partial charge is 0.359 e. The molecule has 1 saturated carbocycles. The zero-order valence-electron chi connectivity index (χ0n) is 7.34. The Labute approximate surface area is 77.0 Å². The van der Waals surface area contributed by atoms with Gasteiger partial charge in [-0.05, 0) is 19.8 Å². The molecule has 1 aromatic rings. The third-order valence-corrected chi connectivity index (χ3v) is 3.15. The van der Waals surface area contributed by atoms with Crippen LogP contribution in [0.2, 0.25) is 0 Å². The van der Waals surface area contributed by atoms with Gasteiger partial charge in [0.25, 0.3) is 0 Å². The Balaban J connectivity index is 1.94. The first-order chi connectivity index (χ1) is 5.84. The molecule has 2 nitrogen and oxygen atoms in total. The molecule has 0 unspecified atom stereocenters. The molecule has 1 heterocycles. The van der Waals surface area contributed by atoms with Crippen molar-refractivity contribution in [3.05, 3.63) is 11.1 Å². The molecular weight excluding hydrogens is 168 g/mol. The van der Waals surface area contributed by atoms with Crippen LogP contribution in [0.3, 0.4) is 0 Å². The van der Waals surface area contributed by atoms with Crippen LogP contribution in [-0.2, 0) is 0 Å². The van der Waals surface area contributed by atoms with Gasteiger partial charge in [-0.1, -0.05) is 12.8 Å². The van der Waals surface area contributed by atoms with Crippen LogP contribution >= 0.6 is 11.3 Å². The number of rotatable bonds is 2. The lowest BCUT2D eigenvalue weighted by Crippen LogP contribution is -2.13. The SMILES string of the molecule is Cc1cnc(NC2CCCC2)s1. The summed E-state index contributed by atoms with van der Waals surface area (Å²) in [7, 11) is 0. The smallest absolute Gasteiger partial charge is 0.183 e. The Morgan fingerprint density at radius 3 is 2.83 bits per heavy atom. The summed E-state index contributed by atoms with van der Waals surface area (Å²) in [6, 6.07) is 0.690. The van der Waals surface area contributed by atoms with Crippen LogP contribution in [0.4, 0.5) is 5.13 Å². The van der Waals surface area contributed by atoms with Crippen molar-refractivity contribution < 1.29 is 0 Å². The summed E-state index contributed by atoms with van der Waals surface area (Å²) >= 11 is 1.75. The maximum absolute atomic E-state index is 4.29. The minimum atomic E-state index is 0.690. The van der Waals surface area contributed by atoms with Gasteiger partial charge >= 0.3 is 0 Å². The number of nitrogens with zero attached hydrogens (tertiary/aromatic N) is 1.